The van der Waals surface area contributed by atoms with Crippen LogP contribution in [-0.4, -0.2) is 32.9 Å². The van der Waals surface area contributed by atoms with Crippen LogP contribution in [0.5, 0.6) is 0 Å². The van der Waals surface area contributed by atoms with Crippen LogP contribution in [0.1, 0.15) is 28.3 Å². The number of nitrogens with zero attached hydrogens (tertiary/aromatic N) is 3. The van der Waals surface area contributed by atoms with Crippen molar-refractivity contribution in [3.8, 4) is 0 Å². The SMILES string of the molecule is NC(=O)N1CCCn2c(nc(CNC(=O)c3ccsc3)cc2=O)C1. The number of nitrogens with one attached hydrogen (secondary N) is 1. The van der Waals surface area contributed by atoms with E-state index in [0.29, 0.717) is 36.6 Å². The van der Waals surface area contributed by atoms with Gasteiger partial charge in [0.05, 0.1) is 18.8 Å². The molecular weight excluding hydrogens is 330 g/mol. The average Bonchev–Trinajstić information content (AvgIpc) is 2.99. The second-order valence-corrected chi connectivity index (χ2v) is 6.24. The zero-order valence-corrected chi connectivity index (χ0v) is 13.7. The molecule has 0 aliphatic carbocycles. The molecule has 0 saturated carbocycles. The predicted molar refractivity (Wildman–Crippen MR) is 88.6 cm³/mol. The highest BCUT2D eigenvalue weighted by Crippen LogP contribution is 2.09. The van der Waals surface area contributed by atoms with Crippen LogP contribution in [0.2, 0.25) is 0 Å². The first-order valence-electron chi connectivity index (χ1n) is 7.49. The minimum absolute atomic E-state index is 0.147. The molecule has 2 aromatic rings. The Morgan fingerprint density at radius 1 is 1.38 bits per heavy atom. The molecule has 0 aromatic carbocycles. The second-order valence-electron chi connectivity index (χ2n) is 5.46. The van der Waals surface area contributed by atoms with Gasteiger partial charge in [0.2, 0.25) is 0 Å². The highest BCUT2D eigenvalue weighted by atomic mass is 32.1. The van der Waals surface area contributed by atoms with Gasteiger partial charge in [-0.05, 0) is 17.9 Å². The van der Waals surface area contributed by atoms with Crippen molar-refractivity contribution in [2.45, 2.75) is 26.1 Å². The van der Waals surface area contributed by atoms with Crippen LogP contribution in [0.3, 0.4) is 0 Å². The number of carbonyl (C=O) groups excluding carboxylic acids is 2. The monoisotopic (exact) mass is 347 g/mol. The molecule has 9 heteroatoms. The fourth-order valence-corrected chi connectivity index (χ4v) is 3.22. The maximum atomic E-state index is 12.3. The summed E-state index contributed by atoms with van der Waals surface area (Å²) in [4.78, 5) is 41.5. The molecule has 3 heterocycles. The number of hydrogen-bond acceptors (Lipinski definition) is 5. The molecule has 8 nitrogen and oxygen atoms in total. The first kappa shape index (κ1) is 16.2. The van der Waals surface area contributed by atoms with Gasteiger partial charge in [0.15, 0.2) is 0 Å². The molecule has 126 valence electrons. The third-order valence-corrected chi connectivity index (χ3v) is 4.49. The van der Waals surface area contributed by atoms with Gasteiger partial charge in [0.25, 0.3) is 11.5 Å². The van der Waals surface area contributed by atoms with Crippen molar-refractivity contribution in [1.29, 1.82) is 0 Å². The number of urea groups is 1. The Morgan fingerprint density at radius 3 is 2.92 bits per heavy atom. The number of rotatable bonds is 3. The number of aromatic nitrogens is 2. The number of nitrogens with two attached hydrogens (primary N) is 1. The summed E-state index contributed by atoms with van der Waals surface area (Å²) in [7, 11) is 0. The van der Waals surface area contributed by atoms with Gasteiger partial charge >= 0.3 is 6.03 Å². The summed E-state index contributed by atoms with van der Waals surface area (Å²) in [6.07, 6.45) is 0.645. The van der Waals surface area contributed by atoms with Gasteiger partial charge in [0.1, 0.15) is 5.82 Å². The molecule has 1 aliphatic rings. The van der Waals surface area contributed by atoms with Gasteiger partial charge in [-0.2, -0.15) is 11.3 Å². The van der Waals surface area contributed by atoms with E-state index in [9.17, 15) is 14.4 Å². The van der Waals surface area contributed by atoms with Gasteiger partial charge in [-0.3, -0.25) is 14.2 Å². The molecule has 0 atom stereocenters. The molecule has 3 rings (SSSR count). The molecule has 0 spiro atoms. The van der Waals surface area contributed by atoms with E-state index in [2.05, 4.69) is 10.3 Å². The molecule has 1 aliphatic heterocycles. The molecule has 0 saturated heterocycles. The zero-order chi connectivity index (χ0) is 17.1. The van der Waals surface area contributed by atoms with E-state index in [1.165, 1.54) is 22.3 Å². The van der Waals surface area contributed by atoms with E-state index in [1.807, 2.05) is 5.38 Å². The van der Waals surface area contributed by atoms with E-state index in [0.717, 1.165) is 0 Å². The Kier molecular flexibility index (Phi) is 4.61. The number of hydrogen-bond donors (Lipinski definition) is 2. The van der Waals surface area contributed by atoms with E-state index in [1.54, 1.807) is 16.0 Å². The van der Waals surface area contributed by atoms with Crippen molar-refractivity contribution in [2.24, 2.45) is 5.73 Å². The lowest BCUT2D eigenvalue weighted by Crippen LogP contribution is -2.36. The fourth-order valence-electron chi connectivity index (χ4n) is 2.58. The first-order chi connectivity index (χ1) is 11.5. The lowest BCUT2D eigenvalue weighted by molar-refractivity contribution is 0.0950. The van der Waals surface area contributed by atoms with Crippen LogP contribution in [0, 0.1) is 0 Å². The molecule has 0 bridgehead atoms. The van der Waals surface area contributed by atoms with Gasteiger partial charge in [0, 0.05) is 30.1 Å². The average molecular weight is 347 g/mol. The predicted octanol–water partition coefficient (Wildman–Crippen LogP) is 0.519. The quantitative estimate of drug-likeness (QED) is 0.843. The lowest BCUT2D eigenvalue weighted by atomic mass is 10.3. The number of amides is 3. The van der Waals surface area contributed by atoms with Crippen molar-refractivity contribution in [2.75, 3.05) is 6.54 Å². The number of primary amides is 1. The highest BCUT2D eigenvalue weighted by Gasteiger charge is 2.19. The molecule has 3 amide bonds. The summed E-state index contributed by atoms with van der Waals surface area (Å²) in [6.45, 7) is 1.32. The van der Waals surface area contributed by atoms with Crippen molar-refractivity contribution in [1.82, 2.24) is 19.8 Å². The Balaban J connectivity index is 1.78. The molecular formula is C15H17N5O3S. The van der Waals surface area contributed by atoms with Crippen LogP contribution >= 0.6 is 11.3 Å². The number of thiophene rings is 1. The highest BCUT2D eigenvalue weighted by molar-refractivity contribution is 7.08. The summed E-state index contributed by atoms with van der Waals surface area (Å²) in [5.74, 6) is 0.269. The van der Waals surface area contributed by atoms with Gasteiger partial charge < -0.3 is 16.0 Å². The summed E-state index contributed by atoms with van der Waals surface area (Å²) >= 11 is 1.44. The smallest absolute Gasteiger partial charge is 0.315 e. The first-order valence-corrected chi connectivity index (χ1v) is 8.43. The van der Waals surface area contributed by atoms with Crippen molar-refractivity contribution < 1.29 is 9.59 Å². The Labute approximate surface area is 141 Å². The molecule has 0 radical (unpaired) electrons. The third-order valence-electron chi connectivity index (χ3n) is 3.81. The zero-order valence-electron chi connectivity index (χ0n) is 12.9. The van der Waals surface area contributed by atoms with Crippen molar-refractivity contribution in [3.05, 3.63) is 50.3 Å². The summed E-state index contributed by atoms with van der Waals surface area (Å²) in [6, 6.07) is 2.61. The van der Waals surface area contributed by atoms with E-state index < -0.39 is 6.03 Å². The largest absolute Gasteiger partial charge is 0.351 e. The van der Waals surface area contributed by atoms with Crippen molar-refractivity contribution in [3.63, 3.8) is 0 Å². The van der Waals surface area contributed by atoms with Crippen LogP contribution < -0.4 is 16.6 Å². The fraction of sp³-hybridized carbons (Fsp3) is 0.333. The van der Waals surface area contributed by atoms with E-state index >= 15 is 0 Å². The van der Waals surface area contributed by atoms with Gasteiger partial charge in [-0.15, -0.1) is 0 Å². The van der Waals surface area contributed by atoms with Crippen molar-refractivity contribution >= 4 is 23.3 Å². The molecule has 2 aromatic heterocycles. The standard InChI is InChI=1S/C15H17N5O3S/c16-15(23)19-3-1-4-20-12(8-19)18-11(6-13(20)21)7-17-14(22)10-2-5-24-9-10/h2,5-6,9H,1,3-4,7-8H2,(H2,16,23)(H,17,22). The maximum absolute atomic E-state index is 12.3. The maximum Gasteiger partial charge on any atom is 0.315 e. The Hall–Kier alpha value is -2.68. The van der Waals surface area contributed by atoms with Crippen LogP contribution in [-0.2, 0) is 19.6 Å². The summed E-state index contributed by atoms with van der Waals surface area (Å²) in [5.41, 5.74) is 6.18. The molecule has 0 fully saturated rings. The third kappa shape index (κ3) is 3.46. The summed E-state index contributed by atoms with van der Waals surface area (Å²) in [5, 5.41) is 6.31. The Morgan fingerprint density at radius 2 is 2.21 bits per heavy atom. The number of fused-ring (bicyclic) bond motifs is 1. The summed E-state index contributed by atoms with van der Waals surface area (Å²) < 4.78 is 1.55. The van der Waals surface area contributed by atoms with Crippen LogP contribution in [0.4, 0.5) is 4.79 Å². The van der Waals surface area contributed by atoms with Gasteiger partial charge in [-0.1, -0.05) is 0 Å². The van der Waals surface area contributed by atoms with Crippen LogP contribution in [0.25, 0.3) is 0 Å². The molecule has 24 heavy (non-hydrogen) atoms. The van der Waals surface area contributed by atoms with E-state index in [-0.39, 0.29) is 24.6 Å². The Bertz CT molecular complexity index is 815. The lowest BCUT2D eigenvalue weighted by Gasteiger charge is -2.17. The van der Waals surface area contributed by atoms with Crippen LogP contribution in [0.15, 0.2) is 27.7 Å². The topological polar surface area (TPSA) is 110 Å². The molecule has 0 unspecified atom stereocenters. The van der Waals surface area contributed by atoms with E-state index in [4.69, 9.17) is 5.73 Å². The van der Waals surface area contributed by atoms with Gasteiger partial charge in [-0.25, -0.2) is 9.78 Å². The molecule has 3 N–H and O–H groups in total. The minimum Gasteiger partial charge on any atom is -0.351 e. The number of carbonyl (C=O) groups is 2. The minimum atomic E-state index is -0.533. The normalized spacial score (nSPS) is 13.9. The second kappa shape index (κ2) is 6.83.